The van der Waals surface area contributed by atoms with Gasteiger partial charge in [0, 0.05) is 43.6 Å². The van der Waals surface area contributed by atoms with E-state index in [0.717, 1.165) is 17.5 Å². The Bertz CT molecular complexity index is 959. The Morgan fingerprint density at radius 3 is 2.83 bits per heavy atom. The van der Waals surface area contributed by atoms with Gasteiger partial charge in [-0.1, -0.05) is 17.7 Å². The molecule has 4 rings (SSSR count). The first kappa shape index (κ1) is 23.2. The topological polar surface area (TPSA) is 67.3 Å². The molecule has 3 aromatic rings. The summed E-state index contributed by atoms with van der Waals surface area (Å²) in [4.78, 5) is 23.2. The van der Waals surface area contributed by atoms with Crippen LogP contribution in [-0.2, 0) is 4.79 Å². The van der Waals surface area contributed by atoms with Gasteiger partial charge in [-0.3, -0.25) is 14.8 Å². The summed E-state index contributed by atoms with van der Waals surface area (Å²) < 4.78 is 5.83. The molecule has 1 saturated heterocycles. The van der Waals surface area contributed by atoms with Gasteiger partial charge >= 0.3 is 0 Å². The molecule has 1 fully saturated rings. The van der Waals surface area contributed by atoms with Gasteiger partial charge in [0.15, 0.2) is 6.61 Å². The van der Waals surface area contributed by atoms with Crippen LogP contribution in [0.4, 0.5) is 0 Å². The van der Waals surface area contributed by atoms with Crippen LogP contribution in [0.2, 0.25) is 5.02 Å². The smallest absolute Gasteiger partial charge is 0.261 e. The SMILES string of the molecule is Cl.Cl.O=C(COc1ccc(Cl)c2cccnc12)N1CCNCC1c1cccnc1. The van der Waals surface area contributed by atoms with Crippen LogP contribution in [0.25, 0.3) is 10.9 Å². The molecule has 1 aliphatic heterocycles. The third-order valence-electron chi connectivity index (χ3n) is 4.66. The number of carbonyl (C=O) groups is 1. The molecule has 154 valence electrons. The fourth-order valence-corrected chi connectivity index (χ4v) is 3.54. The van der Waals surface area contributed by atoms with Crippen molar-refractivity contribution in [1.29, 1.82) is 0 Å². The number of piperazine rings is 1. The molecule has 1 unspecified atom stereocenters. The number of carbonyl (C=O) groups excluding carboxylic acids is 1. The van der Waals surface area contributed by atoms with Crippen LogP contribution in [0.1, 0.15) is 11.6 Å². The molecule has 29 heavy (non-hydrogen) atoms. The molecule has 0 radical (unpaired) electrons. The normalized spacial score (nSPS) is 15.9. The number of nitrogens with one attached hydrogen (secondary N) is 1. The molecule has 0 aliphatic carbocycles. The third kappa shape index (κ3) is 5.08. The average Bonchev–Trinajstić information content (AvgIpc) is 2.74. The maximum atomic E-state index is 12.9. The van der Waals surface area contributed by atoms with Crippen molar-refractivity contribution in [3.63, 3.8) is 0 Å². The molecule has 0 spiro atoms. The van der Waals surface area contributed by atoms with Gasteiger partial charge in [-0.25, -0.2) is 0 Å². The summed E-state index contributed by atoms with van der Waals surface area (Å²) in [6, 6.07) is 11.0. The minimum absolute atomic E-state index is 0. The zero-order valence-corrected chi connectivity index (χ0v) is 17.8. The molecule has 0 bridgehead atoms. The number of pyridine rings is 2. The number of halogens is 3. The number of hydrogen-bond acceptors (Lipinski definition) is 5. The van der Waals surface area contributed by atoms with Gasteiger partial charge in [0.25, 0.3) is 5.91 Å². The first-order chi connectivity index (χ1) is 13.2. The van der Waals surface area contributed by atoms with Gasteiger partial charge in [-0.15, -0.1) is 24.8 Å². The lowest BCUT2D eigenvalue weighted by Crippen LogP contribution is -2.50. The van der Waals surface area contributed by atoms with E-state index in [1.807, 2.05) is 29.2 Å². The maximum Gasteiger partial charge on any atom is 0.261 e. The molecular weight excluding hydrogens is 435 g/mol. The second-order valence-electron chi connectivity index (χ2n) is 6.33. The Hall–Kier alpha value is -2.12. The molecule has 0 saturated carbocycles. The minimum atomic E-state index is -0.0654. The quantitative estimate of drug-likeness (QED) is 0.650. The van der Waals surface area contributed by atoms with Crippen LogP contribution >= 0.6 is 36.4 Å². The summed E-state index contributed by atoms with van der Waals surface area (Å²) in [6.45, 7) is 2.03. The van der Waals surface area contributed by atoms with Crippen molar-refractivity contribution in [2.45, 2.75) is 6.04 Å². The summed E-state index contributed by atoms with van der Waals surface area (Å²) >= 11 is 6.22. The Labute approximate surface area is 186 Å². The summed E-state index contributed by atoms with van der Waals surface area (Å²) in [6.07, 6.45) is 5.21. The lowest BCUT2D eigenvalue weighted by atomic mass is 10.1. The predicted octanol–water partition coefficient (Wildman–Crippen LogP) is 3.68. The molecule has 1 N–H and O–H groups in total. The molecular formula is C20H21Cl3N4O2. The number of ether oxygens (including phenoxy) is 1. The van der Waals surface area contributed by atoms with Crippen LogP contribution in [0.3, 0.4) is 0 Å². The van der Waals surface area contributed by atoms with E-state index in [0.29, 0.717) is 29.4 Å². The number of amides is 1. The van der Waals surface area contributed by atoms with Crippen molar-refractivity contribution in [2.24, 2.45) is 0 Å². The van der Waals surface area contributed by atoms with Crippen LogP contribution in [-0.4, -0.2) is 47.0 Å². The monoisotopic (exact) mass is 454 g/mol. The van der Waals surface area contributed by atoms with Crippen molar-refractivity contribution in [2.75, 3.05) is 26.2 Å². The average molecular weight is 456 g/mol. The highest BCUT2D eigenvalue weighted by Gasteiger charge is 2.28. The second kappa shape index (κ2) is 10.6. The van der Waals surface area contributed by atoms with Gasteiger partial charge in [0.2, 0.25) is 0 Å². The largest absolute Gasteiger partial charge is 0.481 e. The van der Waals surface area contributed by atoms with Gasteiger partial charge in [-0.05, 0) is 35.9 Å². The van der Waals surface area contributed by atoms with Crippen molar-refractivity contribution < 1.29 is 9.53 Å². The summed E-state index contributed by atoms with van der Waals surface area (Å²) in [5, 5.41) is 4.75. The summed E-state index contributed by atoms with van der Waals surface area (Å²) in [5.74, 6) is 0.487. The minimum Gasteiger partial charge on any atom is -0.481 e. The van der Waals surface area contributed by atoms with Crippen molar-refractivity contribution in [3.05, 3.63) is 65.6 Å². The summed E-state index contributed by atoms with van der Waals surface area (Å²) in [5.41, 5.74) is 1.67. The maximum absolute atomic E-state index is 12.9. The molecule has 9 heteroatoms. The number of rotatable bonds is 4. The van der Waals surface area contributed by atoms with E-state index in [1.165, 1.54) is 0 Å². The second-order valence-corrected chi connectivity index (χ2v) is 6.73. The highest BCUT2D eigenvalue weighted by molar-refractivity contribution is 6.35. The van der Waals surface area contributed by atoms with E-state index in [2.05, 4.69) is 15.3 Å². The van der Waals surface area contributed by atoms with Gasteiger partial charge in [-0.2, -0.15) is 0 Å². The van der Waals surface area contributed by atoms with E-state index < -0.39 is 0 Å². The van der Waals surface area contributed by atoms with E-state index in [-0.39, 0.29) is 43.4 Å². The fraction of sp³-hybridized carbons (Fsp3) is 0.250. The Balaban J connectivity index is 0.00000150. The number of benzene rings is 1. The number of nitrogens with zero attached hydrogens (tertiary/aromatic N) is 3. The third-order valence-corrected chi connectivity index (χ3v) is 4.99. The Morgan fingerprint density at radius 1 is 1.21 bits per heavy atom. The van der Waals surface area contributed by atoms with E-state index >= 15 is 0 Å². The first-order valence-corrected chi connectivity index (χ1v) is 9.18. The Kier molecular flexibility index (Phi) is 8.46. The lowest BCUT2D eigenvalue weighted by molar-refractivity contribution is -0.136. The first-order valence-electron chi connectivity index (χ1n) is 8.80. The van der Waals surface area contributed by atoms with Crippen LogP contribution < -0.4 is 10.1 Å². The van der Waals surface area contributed by atoms with E-state index in [1.54, 1.807) is 30.7 Å². The lowest BCUT2D eigenvalue weighted by Gasteiger charge is -2.36. The van der Waals surface area contributed by atoms with Crippen molar-refractivity contribution in [1.82, 2.24) is 20.2 Å². The molecule has 1 aliphatic rings. The highest BCUT2D eigenvalue weighted by Crippen LogP contribution is 2.30. The molecule has 1 amide bonds. The highest BCUT2D eigenvalue weighted by atomic mass is 35.5. The van der Waals surface area contributed by atoms with Crippen molar-refractivity contribution in [3.8, 4) is 5.75 Å². The van der Waals surface area contributed by atoms with E-state index in [9.17, 15) is 4.79 Å². The van der Waals surface area contributed by atoms with Crippen molar-refractivity contribution >= 4 is 53.2 Å². The molecule has 3 heterocycles. The van der Waals surface area contributed by atoms with Crippen LogP contribution in [0, 0.1) is 0 Å². The fourth-order valence-electron chi connectivity index (χ4n) is 3.32. The molecule has 1 atom stereocenters. The Morgan fingerprint density at radius 2 is 2.03 bits per heavy atom. The molecule has 2 aromatic heterocycles. The molecule has 6 nitrogen and oxygen atoms in total. The van der Waals surface area contributed by atoms with Gasteiger partial charge in [0.1, 0.15) is 11.3 Å². The predicted molar refractivity (Wildman–Crippen MR) is 118 cm³/mol. The zero-order chi connectivity index (χ0) is 18.6. The standard InChI is InChI=1S/C20H19ClN4O2.2ClH/c21-16-5-6-18(20-15(16)4-2-8-24-20)27-13-19(26)25-10-9-23-12-17(25)14-3-1-7-22-11-14;;/h1-8,11,17,23H,9-10,12-13H2;2*1H. The van der Waals surface area contributed by atoms with Gasteiger partial charge < -0.3 is 15.0 Å². The number of aromatic nitrogens is 2. The van der Waals surface area contributed by atoms with Crippen LogP contribution in [0.15, 0.2) is 55.0 Å². The molecule has 1 aromatic carbocycles. The zero-order valence-electron chi connectivity index (χ0n) is 15.5. The van der Waals surface area contributed by atoms with E-state index in [4.69, 9.17) is 16.3 Å². The van der Waals surface area contributed by atoms with Gasteiger partial charge in [0.05, 0.1) is 11.1 Å². The summed E-state index contributed by atoms with van der Waals surface area (Å²) in [7, 11) is 0. The van der Waals surface area contributed by atoms with Crippen LogP contribution in [0.5, 0.6) is 5.75 Å². The number of fused-ring (bicyclic) bond motifs is 1. The number of hydrogen-bond donors (Lipinski definition) is 1.